The number of benzene rings is 2. The molecule has 2 fully saturated rings. The first-order chi connectivity index (χ1) is 21.6. The molecule has 250 valence electrons. The second-order valence-electron chi connectivity index (χ2n) is 14.8. The van der Waals surface area contributed by atoms with Crippen molar-refractivity contribution in [3.05, 3.63) is 76.9 Å². The van der Waals surface area contributed by atoms with Crippen LogP contribution in [0.3, 0.4) is 0 Å². The van der Waals surface area contributed by atoms with E-state index in [0.29, 0.717) is 24.9 Å². The molecule has 46 heavy (non-hydrogen) atoms. The molecule has 0 heterocycles. The zero-order chi connectivity index (χ0) is 33.6. The van der Waals surface area contributed by atoms with Crippen molar-refractivity contribution < 1.29 is 29.0 Å². The number of ether oxygens (including phenoxy) is 2. The van der Waals surface area contributed by atoms with Gasteiger partial charge in [-0.05, 0) is 109 Å². The van der Waals surface area contributed by atoms with Crippen LogP contribution in [0.5, 0.6) is 0 Å². The van der Waals surface area contributed by atoms with Crippen LogP contribution >= 0.6 is 0 Å². The van der Waals surface area contributed by atoms with Crippen molar-refractivity contribution in [2.75, 3.05) is 6.54 Å². The van der Waals surface area contributed by atoms with Crippen molar-refractivity contribution in [2.45, 2.75) is 117 Å². The summed E-state index contributed by atoms with van der Waals surface area (Å²) < 4.78 is 11.7. The van der Waals surface area contributed by atoms with Crippen LogP contribution in [0.4, 0.5) is 9.59 Å². The van der Waals surface area contributed by atoms with Gasteiger partial charge in [-0.25, -0.2) is 14.4 Å². The minimum absolute atomic E-state index is 0.0191. The summed E-state index contributed by atoms with van der Waals surface area (Å²) in [4.78, 5) is 42.1. The number of carboxylic acids is 1. The smallest absolute Gasteiger partial charge is 0.410 e. The molecule has 8 heteroatoms. The molecule has 2 saturated carbocycles. The van der Waals surface area contributed by atoms with Crippen molar-refractivity contribution in [1.82, 2.24) is 9.80 Å². The maximum absolute atomic E-state index is 13.6. The van der Waals surface area contributed by atoms with Gasteiger partial charge in [0.2, 0.25) is 0 Å². The lowest BCUT2D eigenvalue weighted by Gasteiger charge is -2.39. The number of carbonyl (C=O) groups is 3. The molecule has 0 bridgehead atoms. The minimum Gasteiger partial charge on any atom is -0.478 e. The van der Waals surface area contributed by atoms with Crippen LogP contribution in [-0.4, -0.2) is 62.9 Å². The molecule has 1 N–H and O–H groups in total. The van der Waals surface area contributed by atoms with Crippen LogP contribution in [-0.2, 0) is 16.0 Å². The van der Waals surface area contributed by atoms with Gasteiger partial charge in [0.15, 0.2) is 0 Å². The first-order valence-corrected chi connectivity index (χ1v) is 16.7. The second kappa shape index (κ2) is 14.7. The standard InChI is InChI=1S/C38H52N2O6/c1-8-29(22-26-12-10-9-11-13-26)32-23-33(32)40(36(44)46-38(5,6)7)25-28-16-20-31(21-17-28)39(35(43)45-37(2,3)4)24-27-14-18-30(19-15-27)34(41)42/h9-15,18-19,22,28,31-33H,8,16-17,20-21,23-25H2,1-7H3,(H,41,42)/b29-22+/t28-,31-,32?,33?. The van der Waals surface area contributed by atoms with Crippen molar-refractivity contribution in [3.63, 3.8) is 0 Å². The lowest BCUT2D eigenvalue weighted by atomic mass is 9.84. The Hall–Kier alpha value is -3.81. The summed E-state index contributed by atoms with van der Waals surface area (Å²) in [6, 6.07) is 17.1. The van der Waals surface area contributed by atoms with Gasteiger partial charge in [0, 0.05) is 31.1 Å². The fourth-order valence-corrected chi connectivity index (χ4v) is 6.36. The summed E-state index contributed by atoms with van der Waals surface area (Å²) >= 11 is 0. The van der Waals surface area contributed by atoms with Gasteiger partial charge in [0.25, 0.3) is 0 Å². The first kappa shape index (κ1) is 35.1. The summed E-state index contributed by atoms with van der Waals surface area (Å²) in [7, 11) is 0. The van der Waals surface area contributed by atoms with Crippen molar-refractivity contribution >= 4 is 24.2 Å². The average molecular weight is 633 g/mol. The molecule has 2 atom stereocenters. The molecule has 0 aromatic heterocycles. The quantitative estimate of drug-likeness (QED) is 0.281. The van der Waals surface area contributed by atoms with E-state index in [0.717, 1.165) is 44.1 Å². The summed E-state index contributed by atoms with van der Waals surface area (Å²) in [5.74, 6) is -0.363. The van der Waals surface area contributed by atoms with Gasteiger partial charge in [0.1, 0.15) is 11.2 Å². The van der Waals surface area contributed by atoms with E-state index in [4.69, 9.17) is 9.47 Å². The Morgan fingerprint density at radius 1 is 0.826 bits per heavy atom. The van der Waals surface area contributed by atoms with Crippen molar-refractivity contribution in [3.8, 4) is 0 Å². The van der Waals surface area contributed by atoms with Crippen molar-refractivity contribution in [2.24, 2.45) is 11.8 Å². The van der Waals surface area contributed by atoms with E-state index in [-0.39, 0.29) is 29.8 Å². The number of nitrogens with zero attached hydrogens (tertiary/aromatic N) is 2. The Morgan fingerprint density at radius 3 is 1.91 bits per heavy atom. The predicted octanol–water partition coefficient (Wildman–Crippen LogP) is 8.80. The van der Waals surface area contributed by atoms with Gasteiger partial charge in [0.05, 0.1) is 5.56 Å². The monoisotopic (exact) mass is 632 g/mol. The van der Waals surface area contributed by atoms with Gasteiger partial charge in [-0.15, -0.1) is 0 Å². The number of hydrogen-bond acceptors (Lipinski definition) is 5. The maximum atomic E-state index is 13.6. The number of rotatable bonds is 10. The maximum Gasteiger partial charge on any atom is 0.410 e. The lowest BCUT2D eigenvalue weighted by Crippen LogP contribution is -2.46. The highest BCUT2D eigenvalue weighted by molar-refractivity contribution is 5.87. The Balaban J connectivity index is 1.46. The van der Waals surface area contributed by atoms with Crippen molar-refractivity contribution in [1.29, 1.82) is 0 Å². The molecule has 2 aliphatic carbocycles. The normalized spacial score (nSPS) is 21.7. The lowest BCUT2D eigenvalue weighted by molar-refractivity contribution is 0.00499. The highest BCUT2D eigenvalue weighted by atomic mass is 16.6. The molecule has 0 spiro atoms. The molecule has 2 amide bonds. The summed E-state index contributed by atoms with van der Waals surface area (Å²) in [5.41, 5.74) is 2.38. The van der Waals surface area contributed by atoms with E-state index in [2.05, 4.69) is 25.1 Å². The molecule has 2 aromatic carbocycles. The van der Waals surface area contributed by atoms with Gasteiger partial charge in [-0.3, -0.25) is 0 Å². The molecule has 2 aliphatic rings. The molecule has 2 unspecified atom stereocenters. The van der Waals surface area contributed by atoms with Crippen LogP contribution in [0.15, 0.2) is 60.2 Å². The third kappa shape index (κ3) is 10.1. The molecule has 4 rings (SSSR count). The van der Waals surface area contributed by atoms with Crippen LogP contribution in [0.1, 0.15) is 108 Å². The number of amides is 2. The van der Waals surface area contributed by atoms with E-state index < -0.39 is 17.2 Å². The number of aromatic carboxylic acids is 1. The Morgan fingerprint density at radius 2 is 1.39 bits per heavy atom. The van der Waals surface area contributed by atoms with E-state index in [1.54, 1.807) is 29.2 Å². The first-order valence-electron chi connectivity index (χ1n) is 16.7. The van der Waals surface area contributed by atoms with Gasteiger partial charge in [-0.2, -0.15) is 0 Å². The molecule has 0 aliphatic heterocycles. The Bertz CT molecular complexity index is 1360. The molecular weight excluding hydrogens is 580 g/mol. The van der Waals surface area contributed by atoms with E-state index in [1.165, 1.54) is 11.1 Å². The van der Waals surface area contributed by atoms with E-state index >= 15 is 0 Å². The van der Waals surface area contributed by atoms with Gasteiger partial charge < -0.3 is 24.4 Å². The van der Waals surface area contributed by atoms with Gasteiger partial charge >= 0.3 is 18.2 Å². The molecular formula is C38H52N2O6. The Kier molecular flexibility index (Phi) is 11.2. The highest BCUT2D eigenvalue weighted by Crippen LogP contribution is 2.45. The Labute approximate surface area is 274 Å². The van der Waals surface area contributed by atoms with E-state index in [1.807, 2.05) is 64.6 Å². The number of carbonyl (C=O) groups excluding carboxylic acids is 2. The third-order valence-electron chi connectivity index (χ3n) is 8.71. The number of hydrogen-bond donors (Lipinski definition) is 1. The number of carboxylic acid groups (broad SMARTS) is 1. The van der Waals surface area contributed by atoms with Crippen LogP contribution in [0.25, 0.3) is 6.08 Å². The molecule has 2 aromatic rings. The van der Waals surface area contributed by atoms with Crippen LogP contribution < -0.4 is 0 Å². The third-order valence-corrected chi connectivity index (χ3v) is 8.71. The summed E-state index contributed by atoms with van der Waals surface area (Å²) in [6.07, 6.45) is 6.85. The zero-order valence-corrected chi connectivity index (χ0v) is 28.6. The minimum atomic E-state index is -0.982. The summed E-state index contributed by atoms with van der Waals surface area (Å²) in [5, 5.41) is 9.29. The molecule has 0 radical (unpaired) electrons. The van der Waals surface area contributed by atoms with Crippen LogP contribution in [0, 0.1) is 11.8 Å². The highest BCUT2D eigenvalue weighted by Gasteiger charge is 2.47. The predicted molar refractivity (Wildman–Crippen MR) is 180 cm³/mol. The second-order valence-corrected chi connectivity index (χ2v) is 14.8. The topological polar surface area (TPSA) is 96.4 Å². The summed E-state index contributed by atoms with van der Waals surface area (Å²) in [6.45, 7) is 14.5. The van der Waals surface area contributed by atoms with E-state index in [9.17, 15) is 19.5 Å². The largest absolute Gasteiger partial charge is 0.478 e. The van der Waals surface area contributed by atoms with Crippen LogP contribution in [0.2, 0.25) is 0 Å². The van der Waals surface area contributed by atoms with Gasteiger partial charge in [-0.1, -0.05) is 61.0 Å². The fourth-order valence-electron chi connectivity index (χ4n) is 6.36. The molecule has 8 nitrogen and oxygen atoms in total. The average Bonchev–Trinajstić information content (AvgIpc) is 3.77. The fraction of sp³-hybridized carbons (Fsp3) is 0.553. The zero-order valence-electron chi connectivity index (χ0n) is 28.6. The SMILES string of the molecule is CC/C(=C\c1ccccc1)C1CC1N(C[C@H]1CC[C@H](N(Cc2ccc(C(=O)O)cc2)C(=O)OC(C)(C)C)CC1)C(=O)OC(C)(C)C. The molecule has 0 saturated heterocycles.